The quantitative estimate of drug-likeness (QED) is 0.625. The number of nitrogens with one attached hydrogen (secondary N) is 1. The first kappa shape index (κ1) is 18.5. The second-order valence-electron chi connectivity index (χ2n) is 5.76. The van der Waals surface area contributed by atoms with Gasteiger partial charge >= 0.3 is 5.97 Å². The van der Waals surface area contributed by atoms with E-state index in [1.165, 1.54) is 4.90 Å². The minimum absolute atomic E-state index is 0.0281. The monoisotopic (exact) mass is 351 g/mol. The Labute approximate surface area is 144 Å². The van der Waals surface area contributed by atoms with Crippen molar-refractivity contribution in [3.8, 4) is 0 Å². The van der Waals surface area contributed by atoms with E-state index in [1.54, 1.807) is 19.1 Å². The molecule has 1 unspecified atom stereocenters. The highest BCUT2D eigenvalue weighted by Crippen LogP contribution is 2.15. The highest BCUT2D eigenvalue weighted by Gasteiger charge is 2.31. The van der Waals surface area contributed by atoms with E-state index in [1.807, 2.05) is 0 Å². The van der Waals surface area contributed by atoms with Crippen LogP contribution in [-0.2, 0) is 37.1 Å². The highest BCUT2D eigenvalue weighted by atomic mass is 16.5. The molecule has 1 aromatic rings. The Morgan fingerprint density at radius 2 is 2.04 bits per heavy atom. The van der Waals surface area contributed by atoms with Gasteiger partial charge in [0.2, 0.25) is 17.7 Å². The number of nitrogens with zero attached hydrogens (tertiary/aromatic N) is 1. The Bertz CT molecular complexity index is 669. The number of ether oxygens (including phenoxy) is 1. The largest absolute Gasteiger partial charge is 0.461 e. The van der Waals surface area contributed by atoms with Gasteiger partial charge in [-0.1, -0.05) is 0 Å². The van der Waals surface area contributed by atoms with E-state index in [0.717, 1.165) is 0 Å². The lowest BCUT2D eigenvalue weighted by Crippen LogP contribution is -2.56. The van der Waals surface area contributed by atoms with Crippen molar-refractivity contribution < 1.29 is 28.3 Å². The number of carbonyl (C=O) groups is 4. The third kappa shape index (κ3) is 5.33. The minimum Gasteiger partial charge on any atom is -0.461 e. The molecule has 2 rings (SSSR count). The van der Waals surface area contributed by atoms with E-state index >= 15 is 0 Å². The molecule has 9 heteroatoms. The summed E-state index contributed by atoms with van der Waals surface area (Å²) in [5.74, 6) is -0.383. The van der Waals surface area contributed by atoms with Gasteiger partial charge in [-0.05, 0) is 25.5 Å². The SMILES string of the molecule is CC1C(=O)NCC(=O)N1Cc1ccc(COC(=O)CCCC(N)=O)o1. The van der Waals surface area contributed by atoms with Gasteiger partial charge < -0.3 is 25.1 Å². The molecule has 1 aromatic heterocycles. The van der Waals surface area contributed by atoms with Crippen LogP contribution >= 0.6 is 0 Å². The lowest BCUT2D eigenvalue weighted by molar-refractivity contribution is -0.146. The number of rotatable bonds is 8. The second-order valence-corrected chi connectivity index (χ2v) is 5.76. The van der Waals surface area contributed by atoms with Crippen LogP contribution in [0.3, 0.4) is 0 Å². The topological polar surface area (TPSA) is 132 Å². The highest BCUT2D eigenvalue weighted by molar-refractivity contribution is 5.94. The zero-order valence-corrected chi connectivity index (χ0v) is 13.9. The first-order valence-electron chi connectivity index (χ1n) is 7.95. The maximum atomic E-state index is 11.9. The van der Waals surface area contributed by atoms with Crippen molar-refractivity contribution >= 4 is 23.7 Å². The van der Waals surface area contributed by atoms with Crippen molar-refractivity contribution in [2.45, 2.75) is 45.4 Å². The number of nitrogens with two attached hydrogens (primary N) is 1. The van der Waals surface area contributed by atoms with Gasteiger partial charge in [-0.3, -0.25) is 19.2 Å². The summed E-state index contributed by atoms with van der Waals surface area (Å²) in [5.41, 5.74) is 4.99. The Morgan fingerprint density at radius 1 is 1.32 bits per heavy atom. The third-order valence-corrected chi connectivity index (χ3v) is 3.80. The number of carbonyl (C=O) groups excluding carboxylic acids is 4. The summed E-state index contributed by atoms with van der Waals surface area (Å²) in [6.07, 6.45) is 0.579. The van der Waals surface area contributed by atoms with Gasteiger partial charge in [0.1, 0.15) is 24.2 Å². The molecule has 9 nitrogen and oxygen atoms in total. The average Bonchev–Trinajstić information content (AvgIpc) is 3.00. The summed E-state index contributed by atoms with van der Waals surface area (Å²) in [6.45, 7) is 1.74. The molecule has 25 heavy (non-hydrogen) atoms. The van der Waals surface area contributed by atoms with Gasteiger partial charge in [-0.2, -0.15) is 0 Å². The predicted molar refractivity (Wildman–Crippen MR) is 84.6 cm³/mol. The zero-order chi connectivity index (χ0) is 18.4. The van der Waals surface area contributed by atoms with Crippen molar-refractivity contribution in [1.29, 1.82) is 0 Å². The molecular formula is C16H21N3O6. The van der Waals surface area contributed by atoms with Crippen LogP contribution in [0.5, 0.6) is 0 Å². The lowest BCUT2D eigenvalue weighted by Gasteiger charge is -2.31. The normalized spacial score (nSPS) is 17.3. The second kappa shape index (κ2) is 8.32. The van der Waals surface area contributed by atoms with Crippen LogP contribution in [0.15, 0.2) is 16.5 Å². The predicted octanol–water partition coefficient (Wildman–Crippen LogP) is -0.175. The van der Waals surface area contributed by atoms with Crippen molar-refractivity contribution in [3.63, 3.8) is 0 Å². The van der Waals surface area contributed by atoms with Crippen molar-refractivity contribution in [2.75, 3.05) is 6.54 Å². The van der Waals surface area contributed by atoms with Crippen LogP contribution in [0.2, 0.25) is 0 Å². The maximum Gasteiger partial charge on any atom is 0.306 e. The van der Waals surface area contributed by atoms with Gasteiger partial charge in [0.15, 0.2) is 0 Å². The third-order valence-electron chi connectivity index (χ3n) is 3.80. The first-order valence-corrected chi connectivity index (χ1v) is 7.95. The van der Waals surface area contributed by atoms with E-state index in [0.29, 0.717) is 17.9 Å². The minimum atomic E-state index is -0.571. The molecule has 1 aliphatic heterocycles. The Morgan fingerprint density at radius 3 is 2.76 bits per heavy atom. The van der Waals surface area contributed by atoms with E-state index in [-0.39, 0.29) is 44.4 Å². The molecule has 1 saturated heterocycles. The fraction of sp³-hybridized carbons (Fsp3) is 0.500. The molecule has 2 heterocycles. The molecule has 0 aliphatic carbocycles. The molecule has 0 radical (unpaired) electrons. The van der Waals surface area contributed by atoms with Crippen molar-refractivity contribution in [1.82, 2.24) is 10.2 Å². The summed E-state index contributed by atoms with van der Waals surface area (Å²) in [7, 11) is 0. The molecule has 0 saturated carbocycles. The molecule has 1 aliphatic rings. The van der Waals surface area contributed by atoms with E-state index in [9.17, 15) is 19.2 Å². The average molecular weight is 351 g/mol. The van der Waals surface area contributed by atoms with Gasteiger partial charge in [-0.25, -0.2) is 0 Å². The smallest absolute Gasteiger partial charge is 0.306 e. The molecule has 0 aromatic carbocycles. The van der Waals surface area contributed by atoms with Crippen LogP contribution in [0.1, 0.15) is 37.7 Å². The molecule has 3 amide bonds. The van der Waals surface area contributed by atoms with Gasteiger partial charge in [-0.15, -0.1) is 0 Å². The van der Waals surface area contributed by atoms with E-state index in [2.05, 4.69) is 5.32 Å². The van der Waals surface area contributed by atoms with Crippen LogP contribution in [0.4, 0.5) is 0 Å². The number of furan rings is 1. The summed E-state index contributed by atoms with van der Waals surface area (Å²) < 4.78 is 10.6. The molecular weight excluding hydrogens is 330 g/mol. The van der Waals surface area contributed by atoms with Crippen LogP contribution in [-0.4, -0.2) is 41.2 Å². The molecule has 1 atom stereocenters. The maximum absolute atomic E-state index is 11.9. The Hall–Kier alpha value is -2.84. The molecule has 136 valence electrons. The Balaban J connectivity index is 1.81. The van der Waals surface area contributed by atoms with Crippen LogP contribution < -0.4 is 11.1 Å². The van der Waals surface area contributed by atoms with Gasteiger partial charge in [0.25, 0.3) is 0 Å². The summed E-state index contributed by atoms with van der Waals surface area (Å²) in [5, 5.41) is 2.51. The number of hydrogen-bond acceptors (Lipinski definition) is 6. The zero-order valence-electron chi connectivity index (χ0n) is 13.9. The first-order chi connectivity index (χ1) is 11.9. The summed E-state index contributed by atoms with van der Waals surface area (Å²) in [4.78, 5) is 47.1. The number of piperazine rings is 1. The lowest BCUT2D eigenvalue weighted by atomic mass is 10.2. The van der Waals surface area contributed by atoms with Gasteiger partial charge in [0.05, 0.1) is 13.1 Å². The van der Waals surface area contributed by atoms with E-state index < -0.39 is 17.9 Å². The Kier molecular flexibility index (Phi) is 6.15. The van der Waals surface area contributed by atoms with Crippen molar-refractivity contribution in [3.05, 3.63) is 23.7 Å². The summed E-state index contributed by atoms with van der Waals surface area (Å²) in [6, 6.07) is 2.74. The number of hydrogen-bond donors (Lipinski definition) is 2. The molecule has 0 bridgehead atoms. The van der Waals surface area contributed by atoms with E-state index in [4.69, 9.17) is 14.9 Å². The number of primary amides is 1. The fourth-order valence-electron chi connectivity index (χ4n) is 2.38. The number of amides is 3. The fourth-order valence-corrected chi connectivity index (χ4v) is 2.38. The molecule has 1 fully saturated rings. The van der Waals surface area contributed by atoms with Crippen LogP contribution in [0.25, 0.3) is 0 Å². The standard InChI is InChI=1S/C16H21N3O6/c1-10-16(23)18-7-14(21)19(10)8-11-5-6-12(25-11)9-24-15(22)4-2-3-13(17)20/h5-6,10H,2-4,7-9H2,1H3,(H2,17,20)(H,18,23). The van der Waals surface area contributed by atoms with Gasteiger partial charge in [0, 0.05) is 12.8 Å². The molecule has 0 spiro atoms. The molecule has 3 N–H and O–H groups in total. The summed E-state index contributed by atoms with van der Waals surface area (Å²) >= 11 is 0. The number of esters is 1. The van der Waals surface area contributed by atoms with Crippen LogP contribution in [0, 0.1) is 0 Å². The van der Waals surface area contributed by atoms with Crippen molar-refractivity contribution in [2.24, 2.45) is 5.73 Å².